The second-order valence-electron chi connectivity index (χ2n) is 1.66. The summed E-state index contributed by atoms with van der Waals surface area (Å²) in [5.74, 6) is 0. The molecule has 1 N–H and O–H groups in total. The zero-order valence-electron chi connectivity index (χ0n) is 4.91. The van der Waals surface area contributed by atoms with E-state index < -0.39 is 0 Å². The molecule has 0 aliphatic rings. The van der Waals surface area contributed by atoms with Crippen molar-refractivity contribution in [2.45, 2.75) is 6.82 Å². The van der Waals surface area contributed by atoms with Gasteiger partial charge in [-0.1, -0.05) is 6.82 Å². The first-order chi connectivity index (χ1) is 4.25. The van der Waals surface area contributed by atoms with Crippen molar-refractivity contribution in [1.29, 1.82) is 0 Å². The molecule has 1 rings (SSSR count). The first-order valence-electron chi connectivity index (χ1n) is 2.64. The number of aromatic amines is 1. The fourth-order valence-corrected chi connectivity index (χ4v) is 2.01. The van der Waals surface area contributed by atoms with E-state index in [0.717, 1.165) is 16.5 Å². The van der Waals surface area contributed by atoms with E-state index in [4.69, 9.17) is 0 Å². The Hall–Kier alpha value is 0.235. The predicted molar refractivity (Wildman–Crippen MR) is 46.6 cm³/mol. The third-order valence-electron chi connectivity index (χ3n) is 1.12. The van der Waals surface area contributed by atoms with Crippen LogP contribution in [-0.2, 0) is 0 Å². The SMILES string of the molecule is CBc1c(Br)n[nH]c1Br. The van der Waals surface area contributed by atoms with Gasteiger partial charge < -0.3 is 0 Å². The summed E-state index contributed by atoms with van der Waals surface area (Å²) >= 11 is 6.63. The van der Waals surface area contributed by atoms with Gasteiger partial charge in [0.1, 0.15) is 4.60 Å². The molecule has 5 heteroatoms. The largest absolute Gasteiger partial charge is 0.271 e. The van der Waals surface area contributed by atoms with Gasteiger partial charge in [0.25, 0.3) is 0 Å². The van der Waals surface area contributed by atoms with E-state index in [9.17, 15) is 0 Å². The number of H-pyrrole nitrogens is 1. The molecular formula is C4H5BBr2N2. The summed E-state index contributed by atoms with van der Waals surface area (Å²) in [5.41, 5.74) is 1.19. The number of hydrogen-bond donors (Lipinski definition) is 1. The lowest BCUT2D eigenvalue weighted by Gasteiger charge is -1.86. The molecule has 0 aromatic carbocycles. The van der Waals surface area contributed by atoms with Crippen LogP contribution in [0.15, 0.2) is 9.21 Å². The first kappa shape index (κ1) is 7.34. The third kappa shape index (κ3) is 1.38. The zero-order chi connectivity index (χ0) is 6.85. The quantitative estimate of drug-likeness (QED) is 0.743. The Morgan fingerprint density at radius 3 is 2.44 bits per heavy atom. The lowest BCUT2D eigenvalue weighted by Crippen LogP contribution is -2.10. The van der Waals surface area contributed by atoms with Gasteiger partial charge in [0.05, 0.1) is 4.60 Å². The lowest BCUT2D eigenvalue weighted by molar-refractivity contribution is 1.05. The highest BCUT2D eigenvalue weighted by Crippen LogP contribution is 2.08. The van der Waals surface area contributed by atoms with Crippen LogP contribution < -0.4 is 5.46 Å². The van der Waals surface area contributed by atoms with Gasteiger partial charge in [0.15, 0.2) is 7.28 Å². The van der Waals surface area contributed by atoms with E-state index in [1.807, 2.05) is 0 Å². The van der Waals surface area contributed by atoms with Gasteiger partial charge in [-0.15, -0.1) is 0 Å². The molecule has 9 heavy (non-hydrogen) atoms. The number of nitrogens with one attached hydrogen (secondary N) is 1. The topological polar surface area (TPSA) is 28.7 Å². The summed E-state index contributed by atoms with van der Waals surface area (Å²) in [4.78, 5) is 0. The van der Waals surface area contributed by atoms with E-state index in [0.29, 0.717) is 0 Å². The van der Waals surface area contributed by atoms with Crippen LogP contribution in [0.1, 0.15) is 0 Å². The van der Waals surface area contributed by atoms with Crippen LogP contribution >= 0.6 is 31.9 Å². The molecule has 0 bridgehead atoms. The molecule has 0 unspecified atom stereocenters. The molecule has 1 aromatic rings. The molecule has 0 amide bonds. The summed E-state index contributed by atoms with van der Waals surface area (Å²) in [5, 5.41) is 6.74. The summed E-state index contributed by atoms with van der Waals surface area (Å²) in [6.45, 7) is 2.08. The second kappa shape index (κ2) is 2.88. The Bertz CT molecular complexity index is 191. The monoisotopic (exact) mass is 250 g/mol. The van der Waals surface area contributed by atoms with Gasteiger partial charge >= 0.3 is 0 Å². The number of rotatable bonds is 1. The minimum absolute atomic E-state index is 0.900. The Kier molecular flexibility index (Phi) is 2.35. The average Bonchev–Trinajstić information content (AvgIpc) is 2.12. The zero-order valence-corrected chi connectivity index (χ0v) is 8.08. The van der Waals surface area contributed by atoms with E-state index in [-0.39, 0.29) is 0 Å². The molecule has 0 saturated carbocycles. The fourth-order valence-electron chi connectivity index (χ4n) is 0.625. The highest BCUT2D eigenvalue weighted by Gasteiger charge is 2.05. The maximum Gasteiger partial charge on any atom is 0.161 e. The Labute approximate surface area is 70.9 Å². The third-order valence-corrected chi connectivity index (χ3v) is 2.43. The average molecular weight is 252 g/mol. The van der Waals surface area contributed by atoms with Crippen molar-refractivity contribution in [3.63, 3.8) is 0 Å². The van der Waals surface area contributed by atoms with Crippen molar-refractivity contribution >= 4 is 44.6 Å². The van der Waals surface area contributed by atoms with Crippen LogP contribution in [0.4, 0.5) is 0 Å². The molecule has 1 aromatic heterocycles. The molecule has 1 heterocycles. The number of nitrogens with zero attached hydrogens (tertiary/aromatic N) is 1. The summed E-state index contributed by atoms with van der Waals surface area (Å²) in [6, 6.07) is 0. The Balaban J connectivity index is 3.07. The number of aromatic nitrogens is 2. The summed E-state index contributed by atoms with van der Waals surface area (Å²) < 4.78 is 1.87. The predicted octanol–water partition coefficient (Wildman–Crippen LogP) is 1.04. The molecule has 0 saturated heterocycles. The van der Waals surface area contributed by atoms with Crippen molar-refractivity contribution in [1.82, 2.24) is 10.2 Å². The minimum atomic E-state index is 0.900. The van der Waals surface area contributed by atoms with Crippen LogP contribution in [-0.4, -0.2) is 17.5 Å². The molecule has 0 aliphatic heterocycles. The first-order valence-corrected chi connectivity index (χ1v) is 4.22. The van der Waals surface area contributed by atoms with Crippen molar-refractivity contribution in [3.05, 3.63) is 9.21 Å². The maximum atomic E-state index is 3.93. The van der Waals surface area contributed by atoms with Crippen molar-refractivity contribution in [2.75, 3.05) is 0 Å². The lowest BCUT2D eigenvalue weighted by atomic mass is 9.75. The van der Waals surface area contributed by atoms with Crippen molar-refractivity contribution in [3.8, 4) is 0 Å². The smallest absolute Gasteiger partial charge is 0.161 e. The summed E-state index contributed by atoms with van der Waals surface area (Å²) in [7, 11) is 0.984. The minimum Gasteiger partial charge on any atom is -0.271 e. The van der Waals surface area contributed by atoms with Crippen molar-refractivity contribution in [2.24, 2.45) is 0 Å². The van der Waals surface area contributed by atoms with Crippen LogP contribution in [0.5, 0.6) is 0 Å². The number of halogens is 2. The van der Waals surface area contributed by atoms with Crippen molar-refractivity contribution < 1.29 is 0 Å². The van der Waals surface area contributed by atoms with Gasteiger partial charge in [-0.2, -0.15) is 5.10 Å². The van der Waals surface area contributed by atoms with E-state index >= 15 is 0 Å². The fraction of sp³-hybridized carbons (Fsp3) is 0.250. The van der Waals surface area contributed by atoms with Gasteiger partial charge in [0, 0.05) is 0 Å². The van der Waals surface area contributed by atoms with Gasteiger partial charge in [0.2, 0.25) is 0 Å². The Morgan fingerprint density at radius 1 is 1.56 bits per heavy atom. The van der Waals surface area contributed by atoms with E-state index in [2.05, 4.69) is 48.9 Å². The molecule has 0 radical (unpaired) electrons. The van der Waals surface area contributed by atoms with Crippen LogP contribution in [0.2, 0.25) is 6.82 Å². The van der Waals surface area contributed by atoms with E-state index in [1.165, 1.54) is 5.46 Å². The van der Waals surface area contributed by atoms with Gasteiger partial charge in [-0.25, -0.2) is 0 Å². The van der Waals surface area contributed by atoms with Crippen LogP contribution in [0.25, 0.3) is 0 Å². The van der Waals surface area contributed by atoms with Gasteiger partial charge in [-0.05, 0) is 37.3 Å². The molecule has 0 aliphatic carbocycles. The van der Waals surface area contributed by atoms with E-state index in [1.54, 1.807) is 0 Å². The molecule has 0 atom stereocenters. The van der Waals surface area contributed by atoms with Gasteiger partial charge in [-0.3, -0.25) is 5.10 Å². The maximum absolute atomic E-state index is 3.93. The van der Waals surface area contributed by atoms with Crippen LogP contribution in [0.3, 0.4) is 0 Å². The van der Waals surface area contributed by atoms with Crippen LogP contribution in [0, 0.1) is 0 Å². The highest BCUT2D eigenvalue weighted by molar-refractivity contribution is 9.11. The molecule has 2 nitrogen and oxygen atoms in total. The molecule has 0 fully saturated rings. The standard InChI is InChI=1S/C4H5BBr2N2/c1-5-2-3(6)8-9-4(2)7/h5H,1H3,(H,8,9). The molecule has 0 spiro atoms. The number of hydrogen-bond acceptors (Lipinski definition) is 1. The highest BCUT2D eigenvalue weighted by atomic mass is 79.9. The Morgan fingerprint density at radius 2 is 2.22 bits per heavy atom. The normalized spacial score (nSPS) is 9.67. The summed E-state index contributed by atoms with van der Waals surface area (Å²) in [6.07, 6.45) is 0. The second-order valence-corrected chi connectivity index (χ2v) is 3.20. The molecule has 48 valence electrons. The molecular weight excluding hydrogens is 247 g/mol.